The highest BCUT2D eigenvalue weighted by Gasteiger charge is 2.21. The number of rotatable bonds is 5. The van der Waals surface area contributed by atoms with Crippen molar-refractivity contribution >= 4 is 25.0 Å². The van der Waals surface area contributed by atoms with Crippen LogP contribution in [0.1, 0.15) is 0 Å². The Hall–Kier alpha value is -2.07. The van der Waals surface area contributed by atoms with Gasteiger partial charge in [0.15, 0.2) is 11.5 Å². The van der Waals surface area contributed by atoms with Crippen LogP contribution < -0.4 is 5.32 Å². The highest BCUT2D eigenvalue weighted by molar-refractivity contribution is 6.74. The van der Waals surface area contributed by atoms with Crippen LogP contribution in [0.2, 0.25) is 12.1 Å². The number of aromatic hydroxyl groups is 2. The molecule has 0 amide bonds. The zero-order chi connectivity index (χ0) is 13.8. The average Bonchev–Trinajstić information content (AvgIpc) is 2.43. The van der Waals surface area contributed by atoms with Crippen LogP contribution in [0.4, 0.5) is 0 Å². The number of allylic oxidation sites excluding steroid dienone is 2. The van der Waals surface area contributed by atoms with E-state index in [4.69, 9.17) is 0 Å². The minimum absolute atomic E-state index is 0.0776. The highest BCUT2D eigenvalue weighted by Crippen LogP contribution is 2.31. The van der Waals surface area contributed by atoms with Crippen LogP contribution in [0, 0.1) is 0 Å². The molecule has 0 spiro atoms. The highest BCUT2D eigenvalue weighted by atomic mass is 28.3. The molecule has 3 nitrogen and oxygen atoms in total. The first-order valence-corrected chi connectivity index (χ1v) is 8.42. The van der Waals surface area contributed by atoms with Gasteiger partial charge in [-0.05, 0) is 24.2 Å². The Morgan fingerprint density at radius 3 is 2.32 bits per heavy atom. The molecule has 98 valence electrons. The van der Waals surface area contributed by atoms with E-state index in [9.17, 15) is 10.2 Å². The van der Waals surface area contributed by atoms with Crippen molar-refractivity contribution in [3.63, 3.8) is 0 Å². The summed E-state index contributed by atoms with van der Waals surface area (Å²) in [6.07, 6.45) is 3.68. The fraction of sp³-hybridized carbons (Fsp3) is 0.133. The molecule has 4 heteroatoms. The van der Waals surface area contributed by atoms with Gasteiger partial charge in [-0.3, -0.25) is 4.98 Å². The predicted molar refractivity (Wildman–Crippen MR) is 81.9 cm³/mol. The molecule has 2 rings (SSSR count). The van der Waals surface area contributed by atoms with Gasteiger partial charge in [0, 0.05) is 5.39 Å². The molecular formula is C15H17NO2Si. The summed E-state index contributed by atoms with van der Waals surface area (Å²) in [5.41, 5.74) is 0.707. The zero-order valence-corrected chi connectivity index (χ0v) is 11.9. The Labute approximate surface area is 114 Å². The van der Waals surface area contributed by atoms with Crippen LogP contribution >= 0.6 is 0 Å². The van der Waals surface area contributed by atoms with E-state index in [2.05, 4.69) is 18.1 Å². The molecular weight excluding hydrogens is 254 g/mol. The molecule has 0 aliphatic rings. The van der Waals surface area contributed by atoms with Gasteiger partial charge in [-0.1, -0.05) is 24.3 Å². The maximum absolute atomic E-state index is 10.2. The van der Waals surface area contributed by atoms with Crippen molar-refractivity contribution < 1.29 is 10.2 Å². The fourth-order valence-corrected chi connectivity index (χ4v) is 4.50. The van der Waals surface area contributed by atoms with Crippen molar-refractivity contribution in [2.24, 2.45) is 0 Å². The lowest BCUT2D eigenvalue weighted by molar-refractivity contribution is 0.409. The Morgan fingerprint density at radius 1 is 1.05 bits per heavy atom. The summed E-state index contributed by atoms with van der Waals surface area (Å²) < 4.78 is 0. The first-order valence-electron chi connectivity index (χ1n) is 6.21. The van der Waals surface area contributed by atoms with Crippen molar-refractivity contribution in [1.29, 1.82) is 0 Å². The normalized spacial score (nSPS) is 10.8. The van der Waals surface area contributed by atoms with Crippen LogP contribution in [-0.2, 0) is 0 Å². The van der Waals surface area contributed by atoms with Gasteiger partial charge in [0.2, 0.25) is 0 Å². The second kappa shape index (κ2) is 5.71. The van der Waals surface area contributed by atoms with Crippen molar-refractivity contribution in [3.05, 3.63) is 49.6 Å². The number of benzene rings is 1. The SMILES string of the molecule is C=CC[SiH](CC=C)c1nc2ccccc2c(O)c1O. The third-order valence-electron chi connectivity index (χ3n) is 3.16. The molecule has 0 saturated carbocycles. The van der Waals surface area contributed by atoms with E-state index < -0.39 is 8.80 Å². The molecule has 0 atom stereocenters. The van der Waals surface area contributed by atoms with E-state index in [1.807, 2.05) is 30.4 Å². The molecule has 1 heterocycles. The van der Waals surface area contributed by atoms with E-state index in [-0.39, 0.29) is 11.5 Å². The lowest BCUT2D eigenvalue weighted by atomic mass is 10.2. The molecule has 1 aromatic carbocycles. The van der Waals surface area contributed by atoms with E-state index in [0.29, 0.717) is 16.2 Å². The van der Waals surface area contributed by atoms with Crippen LogP contribution in [-0.4, -0.2) is 24.0 Å². The molecule has 1 aromatic heterocycles. The van der Waals surface area contributed by atoms with Gasteiger partial charge in [0.05, 0.1) is 10.8 Å². The quantitative estimate of drug-likeness (QED) is 0.649. The van der Waals surface area contributed by atoms with Gasteiger partial charge < -0.3 is 10.2 Å². The number of hydrogen-bond donors (Lipinski definition) is 2. The standard InChI is InChI=1S/C15H17NO2Si/c1-3-9-19(10-4-2)15-14(18)13(17)11-7-5-6-8-12(11)16-15/h3-8,18-19H,1-2,9-10H2,(H,16,17). The summed E-state index contributed by atoms with van der Waals surface area (Å²) in [6, 6.07) is 8.89. The van der Waals surface area contributed by atoms with Gasteiger partial charge in [-0.15, -0.1) is 13.2 Å². The number of hydrogen-bond acceptors (Lipinski definition) is 3. The topological polar surface area (TPSA) is 53.4 Å². The second-order valence-corrected chi connectivity index (χ2v) is 7.34. The monoisotopic (exact) mass is 271 g/mol. The van der Waals surface area contributed by atoms with Crippen LogP contribution in [0.3, 0.4) is 0 Å². The first kappa shape index (κ1) is 13.4. The molecule has 0 saturated heterocycles. The van der Waals surface area contributed by atoms with Gasteiger partial charge >= 0.3 is 0 Å². The third-order valence-corrected chi connectivity index (χ3v) is 6.14. The van der Waals surface area contributed by atoms with E-state index in [0.717, 1.165) is 12.1 Å². The van der Waals surface area contributed by atoms with Gasteiger partial charge in [-0.2, -0.15) is 0 Å². The number of aromatic nitrogens is 1. The molecule has 0 radical (unpaired) electrons. The smallest absolute Gasteiger partial charge is 0.175 e. The number of para-hydroxylation sites is 1. The largest absolute Gasteiger partial charge is 0.504 e. The van der Waals surface area contributed by atoms with Crippen LogP contribution in [0.25, 0.3) is 10.9 Å². The molecule has 0 aliphatic carbocycles. The van der Waals surface area contributed by atoms with E-state index in [1.165, 1.54) is 0 Å². The minimum atomic E-state index is -1.52. The summed E-state index contributed by atoms with van der Waals surface area (Å²) in [5, 5.41) is 21.5. The summed E-state index contributed by atoms with van der Waals surface area (Å²) in [4.78, 5) is 4.53. The Kier molecular flexibility index (Phi) is 4.02. The minimum Gasteiger partial charge on any atom is -0.504 e. The summed E-state index contributed by atoms with van der Waals surface area (Å²) in [5.74, 6) is -0.162. The lowest BCUT2D eigenvalue weighted by Gasteiger charge is -2.15. The molecule has 0 fully saturated rings. The van der Waals surface area contributed by atoms with Crippen LogP contribution in [0.5, 0.6) is 11.5 Å². The Balaban J connectivity index is 2.61. The maximum Gasteiger partial charge on any atom is 0.175 e. The van der Waals surface area contributed by atoms with Crippen molar-refractivity contribution in [2.75, 3.05) is 0 Å². The predicted octanol–water partition coefficient (Wildman–Crippen LogP) is 2.45. The molecule has 0 unspecified atom stereocenters. The van der Waals surface area contributed by atoms with Gasteiger partial charge in [-0.25, -0.2) is 0 Å². The van der Waals surface area contributed by atoms with Gasteiger partial charge in [0.25, 0.3) is 0 Å². The molecule has 0 bridgehead atoms. The molecule has 2 aromatic rings. The average molecular weight is 271 g/mol. The van der Waals surface area contributed by atoms with Gasteiger partial charge in [0.1, 0.15) is 8.80 Å². The first-order chi connectivity index (χ1) is 9.19. The van der Waals surface area contributed by atoms with Crippen molar-refractivity contribution in [3.8, 4) is 11.5 Å². The third kappa shape index (κ3) is 2.53. The summed E-state index contributed by atoms with van der Waals surface area (Å²) >= 11 is 0. The zero-order valence-electron chi connectivity index (χ0n) is 10.7. The number of pyridine rings is 1. The summed E-state index contributed by atoms with van der Waals surface area (Å²) in [7, 11) is -1.52. The lowest BCUT2D eigenvalue weighted by Crippen LogP contribution is -2.31. The molecule has 19 heavy (non-hydrogen) atoms. The fourth-order valence-electron chi connectivity index (χ4n) is 2.21. The van der Waals surface area contributed by atoms with Crippen molar-refractivity contribution in [2.45, 2.75) is 12.1 Å². The molecule has 2 N–H and O–H groups in total. The number of nitrogens with zero attached hydrogens (tertiary/aromatic N) is 1. The number of fused-ring (bicyclic) bond motifs is 1. The second-order valence-electron chi connectivity index (χ2n) is 4.46. The van der Waals surface area contributed by atoms with E-state index >= 15 is 0 Å². The maximum atomic E-state index is 10.2. The van der Waals surface area contributed by atoms with E-state index in [1.54, 1.807) is 6.07 Å². The summed E-state index contributed by atoms with van der Waals surface area (Å²) in [6.45, 7) is 7.50. The molecule has 0 aliphatic heterocycles. The van der Waals surface area contributed by atoms with Crippen LogP contribution in [0.15, 0.2) is 49.6 Å². The Bertz CT molecular complexity index is 615. The Morgan fingerprint density at radius 2 is 1.68 bits per heavy atom. The van der Waals surface area contributed by atoms with Crippen molar-refractivity contribution in [1.82, 2.24) is 4.98 Å².